The lowest BCUT2D eigenvalue weighted by molar-refractivity contribution is -0.106. The van der Waals surface area contributed by atoms with Crippen LogP contribution in [0.4, 0.5) is 0 Å². The maximum atomic E-state index is 8.58. The molecular weight excluding hydrogens is 154 g/mol. The van der Waals surface area contributed by atoms with E-state index in [9.17, 15) is 0 Å². The van der Waals surface area contributed by atoms with Gasteiger partial charge in [-0.15, -0.1) is 0 Å². The molecule has 1 aromatic rings. The summed E-state index contributed by atoms with van der Waals surface area (Å²) in [6, 6.07) is 0. The zero-order valence-electron chi connectivity index (χ0n) is 5.07. The number of halogens is 1. The number of hydrogen-bond acceptors (Lipinski definition) is 3. The number of nitrogens with zero attached hydrogens (tertiary/aromatic N) is 2. The summed E-state index contributed by atoms with van der Waals surface area (Å²) in [6.07, 6.45) is 4.86. The molecule has 1 aromatic heterocycles. The molecule has 0 radical (unpaired) electrons. The molecule has 4 nitrogen and oxygen atoms in total. The SMILES string of the molecule is Clc1cnccn1.NC=O. The van der Waals surface area contributed by atoms with Crippen molar-refractivity contribution in [2.24, 2.45) is 5.73 Å². The van der Waals surface area contributed by atoms with Gasteiger partial charge in [0.05, 0.1) is 6.20 Å². The molecule has 10 heavy (non-hydrogen) atoms. The second-order valence-corrected chi connectivity index (χ2v) is 1.55. The fourth-order valence-corrected chi connectivity index (χ4v) is 0.394. The molecule has 0 spiro atoms. The molecule has 0 aliphatic heterocycles. The molecule has 0 aromatic carbocycles. The van der Waals surface area contributed by atoms with Gasteiger partial charge < -0.3 is 5.73 Å². The highest BCUT2D eigenvalue weighted by molar-refractivity contribution is 6.29. The van der Waals surface area contributed by atoms with Gasteiger partial charge in [0.2, 0.25) is 6.41 Å². The summed E-state index contributed by atoms with van der Waals surface area (Å²) < 4.78 is 0. The summed E-state index contributed by atoms with van der Waals surface area (Å²) in [5.74, 6) is 0. The van der Waals surface area contributed by atoms with E-state index in [0.29, 0.717) is 5.15 Å². The Morgan fingerprint density at radius 2 is 2.20 bits per heavy atom. The summed E-state index contributed by atoms with van der Waals surface area (Å²) in [7, 11) is 0. The molecule has 5 heteroatoms. The number of carbonyl (C=O) groups excluding carboxylic acids is 1. The number of aromatic nitrogens is 2. The average Bonchev–Trinajstić information content (AvgIpc) is 1.91. The van der Waals surface area contributed by atoms with Gasteiger partial charge in [0.15, 0.2) is 0 Å². The molecule has 0 saturated carbocycles. The Balaban J connectivity index is 0.000000236. The van der Waals surface area contributed by atoms with Crippen molar-refractivity contribution in [1.82, 2.24) is 9.97 Å². The van der Waals surface area contributed by atoms with Crippen LogP contribution >= 0.6 is 11.6 Å². The van der Waals surface area contributed by atoms with Crippen LogP contribution in [-0.2, 0) is 4.79 Å². The highest BCUT2D eigenvalue weighted by atomic mass is 35.5. The third-order valence-corrected chi connectivity index (χ3v) is 0.727. The maximum absolute atomic E-state index is 8.58. The molecular formula is C5H6ClN3O. The molecule has 0 bridgehead atoms. The molecule has 54 valence electrons. The number of carbonyl (C=O) groups is 1. The Morgan fingerprint density at radius 3 is 2.40 bits per heavy atom. The Labute approximate surface area is 63.0 Å². The maximum Gasteiger partial charge on any atom is 0.204 e. The Morgan fingerprint density at radius 1 is 1.60 bits per heavy atom. The summed E-state index contributed by atoms with van der Waals surface area (Å²) >= 11 is 5.37. The standard InChI is InChI=1S/C4H3ClN2.CH3NO/c5-4-3-6-1-2-7-4;2-1-3/h1-3H;1H,(H2,2,3). The number of amides is 1. The first-order chi connectivity index (χ1) is 4.81. The molecule has 1 rings (SSSR count). The largest absolute Gasteiger partial charge is 0.372 e. The van der Waals surface area contributed by atoms with Crippen LogP contribution in [0.15, 0.2) is 18.6 Å². The van der Waals surface area contributed by atoms with Crippen molar-refractivity contribution in [2.45, 2.75) is 0 Å². The predicted octanol–water partition coefficient (Wildman–Crippen LogP) is 0.231. The fourth-order valence-electron chi connectivity index (χ4n) is 0.281. The third kappa shape index (κ3) is 4.99. The molecule has 0 atom stereocenters. The third-order valence-electron chi connectivity index (χ3n) is 0.532. The van der Waals surface area contributed by atoms with E-state index in [0.717, 1.165) is 0 Å². The number of hydrogen-bond donors (Lipinski definition) is 1. The topological polar surface area (TPSA) is 68.9 Å². The zero-order valence-corrected chi connectivity index (χ0v) is 5.82. The van der Waals surface area contributed by atoms with Gasteiger partial charge >= 0.3 is 0 Å². The molecule has 1 amide bonds. The van der Waals surface area contributed by atoms with Crippen molar-refractivity contribution >= 4 is 18.0 Å². The molecule has 0 saturated heterocycles. The molecule has 0 fully saturated rings. The highest BCUT2D eigenvalue weighted by Gasteiger charge is 1.77. The average molecular weight is 160 g/mol. The van der Waals surface area contributed by atoms with Crippen LogP contribution in [0, 0.1) is 0 Å². The lowest BCUT2D eigenvalue weighted by Crippen LogP contribution is -1.82. The van der Waals surface area contributed by atoms with Crippen molar-refractivity contribution in [3.63, 3.8) is 0 Å². The van der Waals surface area contributed by atoms with E-state index in [1.54, 1.807) is 12.4 Å². The van der Waals surface area contributed by atoms with Crippen LogP contribution < -0.4 is 5.73 Å². The van der Waals surface area contributed by atoms with Gasteiger partial charge in [0.25, 0.3) is 0 Å². The van der Waals surface area contributed by atoms with Gasteiger partial charge in [-0.25, -0.2) is 4.98 Å². The second kappa shape index (κ2) is 5.97. The van der Waals surface area contributed by atoms with Crippen LogP contribution in [0.5, 0.6) is 0 Å². The van der Waals surface area contributed by atoms with E-state index in [1.807, 2.05) is 0 Å². The van der Waals surface area contributed by atoms with Crippen molar-refractivity contribution < 1.29 is 4.79 Å². The predicted molar refractivity (Wildman–Crippen MR) is 37.3 cm³/mol. The summed E-state index contributed by atoms with van der Waals surface area (Å²) in [5, 5.41) is 0.433. The van der Waals surface area contributed by atoms with Gasteiger partial charge in [-0.05, 0) is 0 Å². The first kappa shape index (κ1) is 8.84. The first-order valence-electron chi connectivity index (χ1n) is 2.38. The molecule has 2 N–H and O–H groups in total. The number of nitrogens with two attached hydrogens (primary N) is 1. The van der Waals surface area contributed by atoms with E-state index >= 15 is 0 Å². The molecule has 0 aliphatic rings. The van der Waals surface area contributed by atoms with Gasteiger partial charge in [-0.2, -0.15) is 0 Å². The Bertz CT molecular complexity index is 180. The highest BCUT2D eigenvalue weighted by Crippen LogP contribution is 1.95. The molecule has 0 unspecified atom stereocenters. The van der Waals surface area contributed by atoms with Gasteiger partial charge in [0.1, 0.15) is 5.15 Å². The van der Waals surface area contributed by atoms with Crippen LogP contribution in [-0.4, -0.2) is 16.4 Å². The minimum atomic E-state index is 0.250. The lowest BCUT2D eigenvalue weighted by atomic mass is 10.8. The normalized spacial score (nSPS) is 7.30. The summed E-state index contributed by atoms with van der Waals surface area (Å²) in [5.41, 5.74) is 4.17. The van der Waals surface area contributed by atoms with Crippen LogP contribution in [0.1, 0.15) is 0 Å². The summed E-state index contributed by atoms with van der Waals surface area (Å²) in [6.45, 7) is 0. The Hall–Kier alpha value is -1.16. The van der Waals surface area contributed by atoms with E-state index < -0.39 is 0 Å². The lowest BCUT2D eigenvalue weighted by Gasteiger charge is -1.79. The Kier molecular flexibility index (Phi) is 5.28. The van der Waals surface area contributed by atoms with Crippen LogP contribution in [0.2, 0.25) is 5.15 Å². The summed E-state index contributed by atoms with van der Waals surface area (Å²) in [4.78, 5) is 16.0. The minimum absolute atomic E-state index is 0.250. The van der Waals surface area contributed by atoms with Crippen molar-refractivity contribution in [3.05, 3.63) is 23.7 Å². The van der Waals surface area contributed by atoms with E-state index in [2.05, 4.69) is 15.7 Å². The van der Waals surface area contributed by atoms with Gasteiger partial charge in [-0.1, -0.05) is 11.6 Å². The van der Waals surface area contributed by atoms with E-state index in [-0.39, 0.29) is 6.41 Å². The van der Waals surface area contributed by atoms with E-state index in [1.165, 1.54) is 6.20 Å². The van der Waals surface area contributed by atoms with Gasteiger partial charge in [-0.3, -0.25) is 9.78 Å². The monoisotopic (exact) mass is 159 g/mol. The van der Waals surface area contributed by atoms with Crippen LogP contribution in [0.25, 0.3) is 0 Å². The first-order valence-corrected chi connectivity index (χ1v) is 2.76. The number of primary amides is 1. The molecule has 0 aliphatic carbocycles. The van der Waals surface area contributed by atoms with Crippen molar-refractivity contribution in [2.75, 3.05) is 0 Å². The molecule has 1 heterocycles. The fraction of sp³-hybridized carbons (Fsp3) is 0. The minimum Gasteiger partial charge on any atom is -0.372 e. The number of rotatable bonds is 0. The quantitative estimate of drug-likeness (QED) is 0.551. The zero-order chi connectivity index (χ0) is 7.82. The van der Waals surface area contributed by atoms with Crippen LogP contribution in [0.3, 0.4) is 0 Å². The van der Waals surface area contributed by atoms with Gasteiger partial charge in [0, 0.05) is 12.4 Å². The second-order valence-electron chi connectivity index (χ2n) is 1.16. The smallest absolute Gasteiger partial charge is 0.204 e. The van der Waals surface area contributed by atoms with Crippen molar-refractivity contribution in [3.8, 4) is 0 Å². The van der Waals surface area contributed by atoms with Crippen molar-refractivity contribution in [1.29, 1.82) is 0 Å². The van der Waals surface area contributed by atoms with E-state index in [4.69, 9.17) is 16.4 Å².